The molecule has 17 heteroatoms. The first-order chi connectivity index (χ1) is 17.9. The molecule has 0 aromatic carbocycles. The highest BCUT2D eigenvalue weighted by molar-refractivity contribution is 5.12. The van der Waals surface area contributed by atoms with E-state index in [4.69, 9.17) is 24.4 Å². The molecule has 2 saturated heterocycles. The van der Waals surface area contributed by atoms with Gasteiger partial charge in [0.15, 0.2) is 12.0 Å². The van der Waals surface area contributed by atoms with E-state index in [0.29, 0.717) is 0 Å². The van der Waals surface area contributed by atoms with Crippen LogP contribution in [0, 0.1) is 0 Å². The highest BCUT2D eigenvalue weighted by Gasteiger charge is 2.54. The predicted octanol–water partition coefficient (Wildman–Crippen LogP) is -5.13. The van der Waals surface area contributed by atoms with Crippen molar-refractivity contribution in [2.45, 2.75) is 61.9 Å². The molecule has 0 unspecified atom stereocenters. The zero-order valence-electron chi connectivity index (χ0n) is 20.3. The van der Waals surface area contributed by atoms with E-state index in [1.54, 1.807) is 6.92 Å². The van der Waals surface area contributed by atoms with Gasteiger partial charge in [-0.3, -0.25) is 28.7 Å². The minimum Gasteiger partial charge on any atom is -0.490 e. The fourth-order valence-corrected chi connectivity index (χ4v) is 4.31. The standard InChI is InChI=1S/C11H16N2O6.C10H14N2O7/c1-2-11(9(17)8(16)6(5-14)19-11)13-4-3-7(15)12-10(13)18;1-18-4-2-12(10(17)11-8(4)16)9-7(15)6(14)5(3-13)19-9/h3-4,6,8-9,14,16-17H,2,5H2,1H3,(H,12,15,18);2,5-7,9,13-15H,3H2,1H3,(H,11,16,17)/t6-,8-,9-,11-;5-,6-,7-,9-/m11/s1. The van der Waals surface area contributed by atoms with Crippen molar-refractivity contribution in [1.29, 1.82) is 0 Å². The highest BCUT2D eigenvalue weighted by atomic mass is 16.6. The van der Waals surface area contributed by atoms with Crippen LogP contribution >= 0.6 is 0 Å². The van der Waals surface area contributed by atoms with Crippen LogP contribution in [0.1, 0.15) is 19.6 Å². The number of aliphatic hydroxyl groups is 6. The van der Waals surface area contributed by atoms with Crippen molar-refractivity contribution in [3.63, 3.8) is 0 Å². The van der Waals surface area contributed by atoms with Gasteiger partial charge >= 0.3 is 11.4 Å². The number of aromatic nitrogens is 4. The number of hydrogen-bond acceptors (Lipinski definition) is 13. The Morgan fingerprint density at radius 2 is 1.63 bits per heavy atom. The lowest BCUT2D eigenvalue weighted by molar-refractivity contribution is -0.152. The topological polar surface area (TPSA) is 259 Å². The molecule has 17 nitrogen and oxygen atoms in total. The van der Waals surface area contributed by atoms with E-state index in [9.17, 15) is 39.6 Å². The molecular formula is C21H30N4O13. The Morgan fingerprint density at radius 1 is 0.974 bits per heavy atom. The molecule has 2 aliphatic heterocycles. The van der Waals surface area contributed by atoms with Crippen molar-refractivity contribution >= 4 is 0 Å². The molecule has 2 aromatic heterocycles. The van der Waals surface area contributed by atoms with Gasteiger partial charge in [0.05, 0.1) is 26.5 Å². The molecule has 0 saturated carbocycles. The Balaban J connectivity index is 0.000000211. The molecule has 0 amide bonds. The Labute approximate surface area is 212 Å². The maximum Gasteiger partial charge on any atom is 0.330 e. The van der Waals surface area contributed by atoms with E-state index in [1.165, 1.54) is 13.3 Å². The number of aromatic amines is 2. The Morgan fingerprint density at radius 3 is 2.13 bits per heavy atom. The molecular weight excluding hydrogens is 516 g/mol. The van der Waals surface area contributed by atoms with Crippen LogP contribution in [-0.4, -0.2) is 107 Å². The quantitative estimate of drug-likeness (QED) is 0.169. The molecule has 4 heterocycles. The van der Waals surface area contributed by atoms with Gasteiger partial charge in [0.2, 0.25) is 5.75 Å². The summed E-state index contributed by atoms with van der Waals surface area (Å²) in [5.41, 5.74) is -4.36. The summed E-state index contributed by atoms with van der Waals surface area (Å²) in [7, 11) is 1.25. The molecule has 8 N–H and O–H groups in total. The van der Waals surface area contributed by atoms with Gasteiger partial charge in [-0.1, -0.05) is 6.92 Å². The van der Waals surface area contributed by atoms with Crippen LogP contribution in [0.4, 0.5) is 0 Å². The SMILES string of the molecule is CC[C@@]1(n2ccc(=O)[nH]c2=O)O[C@H](CO)[C@@H](O)[C@H]1O.COc1cn([C@@H]2O[C@H](CO)[C@@H](O)[C@H]2O)c(=O)[nH]c1=O. The molecule has 2 aliphatic rings. The predicted molar refractivity (Wildman–Crippen MR) is 124 cm³/mol. The summed E-state index contributed by atoms with van der Waals surface area (Å²) in [5.74, 6) is -0.141. The zero-order valence-corrected chi connectivity index (χ0v) is 20.3. The molecule has 0 aliphatic carbocycles. The van der Waals surface area contributed by atoms with E-state index < -0.39 is 84.3 Å². The van der Waals surface area contributed by atoms with Gasteiger partial charge < -0.3 is 44.8 Å². The summed E-state index contributed by atoms with van der Waals surface area (Å²) < 4.78 is 17.3. The number of aliphatic hydroxyl groups excluding tert-OH is 6. The summed E-state index contributed by atoms with van der Waals surface area (Å²) in [6, 6.07) is 1.12. The second-order valence-corrected chi connectivity index (χ2v) is 8.55. The number of ether oxygens (including phenoxy) is 3. The third-order valence-electron chi connectivity index (χ3n) is 6.39. The minimum atomic E-state index is -1.51. The van der Waals surface area contributed by atoms with E-state index in [1.807, 2.05) is 4.98 Å². The smallest absolute Gasteiger partial charge is 0.330 e. The first-order valence-electron chi connectivity index (χ1n) is 11.4. The van der Waals surface area contributed by atoms with Gasteiger partial charge in [-0.2, -0.15) is 0 Å². The van der Waals surface area contributed by atoms with Crippen LogP contribution in [0.25, 0.3) is 0 Å². The van der Waals surface area contributed by atoms with Crippen molar-refractivity contribution in [3.8, 4) is 5.75 Å². The number of nitrogens with one attached hydrogen (secondary N) is 2. The molecule has 2 fully saturated rings. The average molecular weight is 546 g/mol. The van der Waals surface area contributed by atoms with Crippen LogP contribution < -0.4 is 27.2 Å². The Kier molecular flexibility index (Phi) is 9.05. The van der Waals surface area contributed by atoms with E-state index in [-0.39, 0.29) is 12.2 Å². The largest absolute Gasteiger partial charge is 0.490 e. The molecule has 8 atom stereocenters. The molecule has 0 radical (unpaired) electrons. The van der Waals surface area contributed by atoms with Crippen LogP contribution in [0.2, 0.25) is 0 Å². The van der Waals surface area contributed by atoms with Gasteiger partial charge in [-0.25, -0.2) is 9.59 Å². The lowest BCUT2D eigenvalue weighted by Gasteiger charge is -2.32. The number of nitrogens with zero attached hydrogens (tertiary/aromatic N) is 2. The molecule has 0 bridgehead atoms. The van der Waals surface area contributed by atoms with Gasteiger partial charge in [-0.15, -0.1) is 0 Å². The Bertz CT molecular complexity index is 1340. The zero-order chi connectivity index (χ0) is 28.4. The third-order valence-corrected chi connectivity index (χ3v) is 6.39. The molecule has 38 heavy (non-hydrogen) atoms. The summed E-state index contributed by atoms with van der Waals surface area (Å²) in [6.07, 6.45) is -6.23. The average Bonchev–Trinajstić information content (AvgIpc) is 3.32. The number of H-pyrrole nitrogens is 2. The second kappa shape index (κ2) is 11.7. The molecule has 212 valence electrons. The van der Waals surface area contributed by atoms with Gasteiger partial charge in [-0.05, 0) is 6.42 Å². The van der Waals surface area contributed by atoms with Crippen LogP contribution in [-0.2, 0) is 15.2 Å². The van der Waals surface area contributed by atoms with Crippen molar-refractivity contribution in [1.82, 2.24) is 19.1 Å². The first-order valence-corrected chi connectivity index (χ1v) is 11.4. The fourth-order valence-electron chi connectivity index (χ4n) is 4.31. The second-order valence-electron chi connectivity index (χ2n) is 8.55. The number of rotatable bonds is 6. The summed E-state index contributed by atoms with van der Waals surface area (Å²) in [4.78, 5) is 49.9. The summed E-state index contributed by atoms with van der Waals surface area (Å²) in [5, 5.41) is 57.4. The lowest BCUT2D eigenvalue weighted by atomic mass is 10.00. The number of hydrogen-bond donors (Lipinski definition) is 8. The third kappa shape index (κ3) is 5.22. The monoisotopic (exact) mass is 546 g/mol. The molecule has 4 rings (SSSR count). The van der Waals surface area contributed by atoms with Gasteiger partial charge in [0.25, 0.3) is 11.1 Å². The Hall–Kier alpha value is -3.16. The minimum absolute atomic E-state index is 0.141. The normalized spacial score (nSPS) is 32.6. The summed E-state index contributed by atoms with van der Waals surface area (Å²) in [6.45, 7) is 0.662. The van der Waals surface area contributed by atoms with Gasteiger partial charge in [0, 0.05) is 12.3 Å². The van der Waals surface area contributed by atoms with Crippen LogP contribution in [0.3, 0.4) is 0 Å². The highest BCUT2D eigenvalue weighted by Crippen LogP contribution is 2.37. The molecule has 0 spiro atoms. The maximum absolute atomic E-state index is 11.8. The van der Waals surface area contributed by atoms with Crippen molar-refractivity contribution < 1.29 is 44.8 Å². The fraction of sp³-hybridized carbons (Fsp3) is 0.619. The van der Waals surface area contributed by atoms with Gasteiger partial charge in [0.1, 0.15) is 36.6 Å². The number of methoxy groups -OCH3 is 1. The lowest BCUT2D eigenvalue weighted by Crippen LogP contribution is -2.51. The van der Waals surface area contributed by atoms with Crippen molar-refractivity contribution in [3.05, 3.63) is 60.1 Å². The van der Waals surface area contributed by atoms with E-state index in [2.05, 4.69) is 4.98 Å². The first kappa shape index (κ1) is 29.4. The van der Waals surface area contributed by atoms with Crippen LogP contribution in [0.15, 0.2) is 37.6 Å². The van der Waals surface area contributed by atoms with E-state index in [0.717, 1.165) is 21.4 Å². The van der Waals surface area contributed by atoms with Crippen molar-refractivity contribution in [2.24, 2.45) is 0 Å². The maximum atomic E-state index is 11.8. The van der Waals surface area contributed by atoms with Crippen molar-refractivity contribution in [2.75, 3.05) is 20.3 Å². The van der Waals surface area contributed by atoms with E-state index >= 15 is 0 Å². The van der Waals surface area contributed by atoms with Crippen LogP contribution in [0.5, 0.6) is 5.75 Å². The summed E-state index contributed by atoms with van der Waals surface area (Å²) >= 11 is 0. The molecule has 2 aromatic rings.